The molecule has 0 aromatic heterocycles. The number of likely N-dealkylation sites (tertiary alicyclic amines) is 1. The van der Waals surface area contributed by atoms with Gasteiger partial charge in [0.1, 0.15) is 6.04 Å². The Balaban J connectivity index is 1.74. The van der Waals surface area contributed by atoms with Crippen molar-refractivity contribution in [1.82, 2.24) is 4.90 Å². The molecular formula is C15H24N4O. The Morgan fingerprint density at radius 3 is 2.40 bits per heavy atom. The summed E-state index contributed by atoms with van der Waals surface area (Å²) in [5.74, 6) is -0.0135. The summed E-state index contributed by atoms with van der Waals surface area (Å²) in [5.41, 5.74) is 12.6. The molecule has 5 nitrogen and oxygen atoms in total. The van der Waals surface area contributed by atoms with E-state index in [1.807, 2.05) is 0 Å². The van der Waals surface area contributed by atoms with Crippen LogP contribution in [0.1, 0.15) is 51.4 Å². The molecule has 4 rings (SSSR count). The third-order valence-electron chi connectivity index (χ3n) is 5.97. The second-order valence-electron chi connectivity index (χ2n) is 7.02. The van der Waals surface area contributed by atoms with E-state index in [4.69, 9.17) is 16.7 Å². The first-order chi connectivity index (χ1) is 9.50. The molecule has 1 saturated heterocycles. The van der Waals surface area contributed by atoms with Crippen molar-refractivity contribution in [3.8, 4) is 6.07 Å². The van der Waals surface area contributed by atoms with E-state index in [2.05, 4.69) is 6.07 Å². The molecule has 0 radical (unpaired) electrons. The maximum absolute atomic E-state index is 12.7. The highest BCUT2D eigenvalue weighted by Crippen LogP contribution is 2.53. The fourth-order valence-electron chi connectivity index (χ4n) is 4.32. The zero-order valence-corrected chi connectivity index (χ0v) is 12.0. The standard InChI is InChI=1S/C15H24N4O/c16-10-11-2-1-9-19(11)13(20)12(17)14-3-6-15(18,7-4-14)8-5-14/h11-12H,1-9,17-18H2/t11-,12?,14?,15?/m0/s1. The quantitative estimate of drug-likeness (QED) is 0.782. The lowest BCUT2D eigenvalue weighted by Crippen LogP contribution is -2.61. The maximum Gasteiger partial charge on any atom is 0.241 e. The normalized spacial score (nSPS) is 41.5. The first-order valence-electron chi connectivity index (χ1n) is 7.74. The molecule has 5 heteroatoms. The monoisotopic (exact) mass is 276 g/mol. The Kier molecular flexibility index (Phi) is 3.26. The number of amides is 1. The van der Waals surface area contributed by atoms with Crippen LogP contribution >= 0.6 is 0 Å². The van der Waals surface area contributed by atoms with Gasteiger partial charge in [0.2, 0.25) is 5.91 Å². The number of nitrogens with zero attached hydrogens (tertiary/aromatic N) is 2. The van der Waals surface area contributed by atoms with Crippen molar-refractivity contribution in [2.75, 3.05) is 6.54 Å². The average Bonchev–Trinajstić information content (AvgIpc) is 2.95. The lowest BCUT2D eigenvalue weighted by Gasteiger charge is -2.54. The van der Waals surface area contributed by atoms with Gasteiger partial charge in [-0.3, -0.25) is 4.79 Å². The van der Waals surface area contributed by atoms with Crippen LogP contribution in [0.25, 0.3) is 0 Å². The Morgan fingerprint density at radius 2 is 1.85 bits per heavy atom. The minimum absolute atomic E-state index is 0.00660. The van der Waals surface area contributed by atoms with Crippen molar-refractivity contribution in [2.24, 2.45) is 16.9 Å². The first-order valence-corrected chi connectivity index (χ1v) is 7.74. The van der Waals surface area contributed by atoms with Crippen LogP contribution in [0.3, 0.4) is 0 Å². The summed E-state index contributed by atoms with van der Waals surface area (Å²) in [6.07, 6.45) is 7.52. The van der Waals surface area contributed by atoms with Crippen LogP contribution in [0.5, 0.6) is 0 Å². The molecule has 0 aromatic rings. The molecule has 0 aromatic carbocycles. The fraction of sp³-hybridized carbons (Fsp3) is 0.867. The topological polar surface area (TPSA) is 96.1 Å². The Morgan fingerprint density at radius 1 is 1.25 bits per heavy atom. The van der Waals surface area contributed by atoms with Gasteiger partial charge < -0.3 is 16.4 Å². The van der Waals surface area contributed by atoms with Crippen molar-refractivity contribution >= 4 is 5.91 Å². The molecule has 4 fully saturated rings. The van der Waals surface area contributed by atoms with Crippen LogP contribution in [0.4, 0.5) is 0 Å². The molecule has 3 saturated carbocycles. The molecule has 20 heavy (non-hydrogen) atoms. The molecule has 1 amide bonds. The largest absolute Gasteiger partial charge is 0.325 e. The zero-order chi connectivity index (χ0) is 14.4. The summed E-state index contributed by atoms with van der Waals surface area (Å²) < 4.78 is 0. The molecule has 0 spiro atoms. The molecule has 4 N–H and O–H groups in total. The van der Waals surface area contributed by atoms with Crippen molar-refractivity contribution in [2.45, 2.75) is 69.0 Å². The van der Waals surface area contributed by atoms with Gasteiger partial charge in [0, 0.05) is 12.1 Å². The SMILES string of the molecule is N#C[C@@H]1CCCN1C(=O)C(N)C12CCC(N)(CC1)CC2. The van der Waals surface area contributed by atoms with Crippen molar-refractivity contribution in [3.05, 3.63) is 0 Å². The molecule has 1 heterocycles. The molecule has 110 valence electrons. The summed E-state index contributed by atoms with van der Waals surface area (Å²) in [6.45, 7) is 0.682. The highest BCUT2D eigenvalue weighted by molar-refractivity contribution is 5.83. The number of nitriles is 1. The second-order valence-corrected chi connectivity index (χ2v) is 7.02. The van der Waals surface area contributed by atoms with E-state index in [1.54, 1.807) is 4.90 Å². The van der Waals surface area contributed by atoms with Crippen molar-refractivity contribution in [3.63, 3.8) is 0 Å². The summed E-state index contributed by atoms with van der Waals surface area (Å²) in [6, 6.07) is 1.50. The third-order valence-corrected chi connectivity index (χ3v) is 5.97. The molecule has 3 aliphatic carbocycles. The molecule has 2 bridgehead atoms. The van der Waals surface area contributed by atoms with Gasteiger partial charge in [-0.25, -0.2) is 0 Å². The van der Waals surface area contributed by atoms with Gasteiger partial charge in [-0.2, -0.15) is 5.26 Å². The number of carbonyl (C=O) groups is 1. The van der Waals surface area contributed by atoms with Crippen molar-refractivity contribution in [1.29, 1.82) is 5.26 Å². The summed E-state index contributed by atoms with van der Waals surface area (Å²) >= 11 is 0. The molecule has 1 aliphatic heterocycles. The molecule has 2 atom stereocenters. The van der Waals surface area contributed by atoms with Gasteiger partial charge in [-0.15, -0.1) is 0 Å². The number of hydrogen-bond donors (Lipinski definition) is 2. The fourth-order valence-corrected chi connectivity index (χ4v) is 4.32. The average molecular weight is 276 g/mol. The molecule has 1 unspecified atom stereocenters. The van der Waals surface area contributed by atoms with E-state index in [-0.39, 0.29) is 22.9 Å². The minimum atomic E-state index is -0.457. The van der Waals surface area contributed by atoms with E-state index in [0.717, 1.165) is 51.4 Å². The van der Waals surface area contributed by atoms with Crippen LogP contribution in [-0.2, 0) is 4.79 Å². The van der Waals surface area contributed by atoms with Crippen molar-refractivity contribution < 1.29 is 4.79 Å². The van der Waals surface area contributed by atoms with E-state index in [9.17, 15) is 4.79 Å². The number of hydrogen-bond acceptors (Lipinski definition) is 4. The number of nitrogens with two attached hydrogens (primary N) is 2. The summed E-state index contributed by atoms with van der Waals surface area (Å²) in [7, 11) is 0. The maximum atomic E-state index is 12.7. The van der Waals surface area contributed by atoms with E-state index in [0.29, 0.717) is 6.54 Å². The van der Waals surface area contributed by atoms with Crippen LogP contribution < -0.4 is 11.5 Å². The highest BCUT2D eigenvalue weighted by Gasteiger charge is 2.52. The third kappa shape index (κ3) is 2.02. The Bertz CT molecular complexity index is 431. The molecular weight excluding hydrogens is 252 g/mol. The Labute approximate surface area is 120 Å². The van der Waals surface area contributed by atoms with Gasteiger partial charge in [-0.05, 0) is 56.8 Å². The van der Waals surface area contributed by atoms with Crippen LogP contribution in [0.15, 0.2) is 0 Å². The summed E-state index contributed by atoms with van der Waals surface area (Å²) in [4.78, 5) is 14.4. The van der Waals surface area contributed by atoms with Crippen LogP contribution in [0, 0.1) is 16.7 Å². The summed E-state index contributed by atoms with van der Waals surface area (Å²) in [5, 5.41) is 9.14. The van der Waals surface area contributed by atoms with E-state index in [1.165, 1.54) is 0 Å². The minimum Gasteiger partial charge on any atom is -0.325 e. The lowest BCUT2D eigenvalue weighted by atomic mass is 9.55. The highest BCUT2D eigenvalue weighted by atomic mass is 16.2. The van der Waals surface area contributed by atoms with Gasteiger partial charge in [0.15, 0.2) is 0 Å². The van der Waals surface area contributed by atoms with Gasteiger partial charge in [-0.1, -0.05) is 0 Å². The first kappa shape index (κ1) is 13.8. The number of fused-ring (bicyclic) bond motifs is 3. The predicted molar refractivity (Wildman–Crippen MR) is 75.4 cm³/mol. The second kappa shape index (κ2) is 4.71. The van der Waals surface area contributed by atoms with Crippen LogP contribution in [-0.4, -0.2) is 35.0 Å². The van der Waals surface area contributed by atoms with Crippen LogP contribution in [0.2, 0.25) is 0 Å². The molecule has 4 aliphatic rings. The van der Waals surface area contributed by atoms with Gasteiger partial charge >= 0.3 is 0 Å². The van der Waals surface area contributed by atoms with E-state index >= 15 is 0 Å². The number of rotatable bonds is 2. The van der Waals surface area contributed by atoms with Gasteiger partial charge in [0.25, 0.3) is 0 Å². The lowest BCUT2D eigenvalue weighted by molar-refractivity contribution is -0.138. The Hall–Kier alpha value is -1.12. The zero-order valence-electron chi connectivity index (χ0n) is 12.0. The van der Waals surface area contributed by atoms with E-state index < -0.39 is 6.04 Å². The number of carbonyl (C=O) groups excluding carboxylic acids is 1. The van der Waals surface area contributed by atoms with Gasteiger partial charge in [0.05, 0.1) is 12.1 Å². The predicted octanol–water partition coefficient (Wildman–Crippen LogP) is 0.880. The smallest absolute Gasteiger partial charge is 0.241 e.